The average molecular weight is 284 g/mol. The third kappa shape index (κ3) is 1.94. The molecule has 0 heterocycles. The van der Waals surface area contributed by atoms with Gasteiger partial charge in [-0.3, -0.25) is 4.79 Å². The van der Waals surface area contributed by atoms with Crippen LogP contribution in [-0.2, 0) is 4.79 Å². The molecule has 0 saturated heterocycles. The van der Waals surface area contributed by atoms with Gasteiger partial charge >= 0.3 is 5.97 Å². The fraction of sp³-hybridized carbons (Fsp3) is 0.417. The van der Waals surface area contributed by atoms with Gasteiger partial charge in [-0.2, -0.15) is 0 Å². The lowest BCUT2D eigenvalue weighted by Gasteiger charge is -2.32. The summed E-state index contributed by atoms with van der Waals surface area (Å²) in [6.07, 6.45) is 3.11. The lowest BCUT2D eigenvalue weighted by molar-refractivity contribution is -0.141. The number of halogens is 1. The summed E-state index contributed by atoms with van der Waals surface area (Å²) in [6, 6.07) is 5.49. The Labute approximate surface area is 103 Å². The summed E-state index contributed by atoms with van der Waals surface area (Å²) in [5.41, 5.74) is 7.23. The van der Waals surface area contributed by atoms with Gasteiger partial charge in [-0.25, -0.2) is 0 Å². The van der Waals surface area contributed by atoms with Gasteiger partial charge in [0.2, 0.25) is 0 Å². The van der Waals surface area contributed by atoms with Crippen LogP contribution in [0, 0.1) is 5.92 Å². The Morgan fingerprint density at radius 1 is 1.50 bits per heavy atom. The van der Waals surface area contributed by atoms with Crippen LogP contribution in [-0.4, -0.2) is 11.1 Å². The molecule has 3 N–H and O–H groups in total. The third-order valence-electron chi connectivity index (χ3n) is 3.31. The molecule has 1 aromatic rings. The highest BCUT2D eigenvalue weighted by molar-refractivity contribution is 9.10. The molecule has 0 spiro atoms. The lowest BCUT2D eigenvalue weighted by atomic mass is 9.73. The van der Waals surface area contributed by atoms with Crippen molar-refractivity contribution in [1.82, 2.24) is 0 Å². The largest absolute Gasteiger partial charge is 0.481 e. The first-order chi connectivity index (χ1) is 7.61. The molecule has 2 rings (SSSR count). The van der Waals surface area contributed by atoms with Gasteiger partial charge in [0, 0.05) is 10.2 Å². The predicted octanol–water partition coefficient (Wildman–Crippen LogP) is 3.00. The van der Waals surface area contributed by atoms with E-state index in [0.717, 1.165) is 29.3 Å². The summed E-state index contributed by atoms with van der Waals surface area (Å²) in [5.74, 6) is -0.977. The molecule has 1 saturated carbocycles. The van der Waals surface area contributed by atoms with Crippen molar-refractivity contribution in [3.63, 3.8) is 0 Å². The van der Waals surface area contributed by atoms with Crippen molar-refractivity contribution in [2.75, 3.05) is 5.73 Å². The zero-order valence-corrected chi connectivity index (χ0v) is 10.4. The predicted molar refractivity (Wildman–Crippen MR) is 66.3 cm³/mol. The van der Waals surface area contributed by atoms with Crippen LogP contribution in [0.15, 0.2) is 22.7 Å². The van der Waals surface area contributed by atoms with Gasteiger partial charge in [0.05, 0.1) is 5.92 Å². The Morgan fingerprint density at radius 2 is 2.19 bits per heavy atom. The molecule has 1 atom stereocenters. The van der Waals surface area contributed by atoms with E-state index < -0.39 is 11.9 Å². The van der Waals surface area contributed by atoms with Crippen LogP contribution in [0.25, 0.3) is 0 Å². The Morgan fingerprint density at radius 3 is 2.69 bits per heavy atom. The van der Waals surface area contributed by atoms with Gasteiger partial charge in [-0.1, -0.05) is 18.6 Å². The lowest BCUT2D eigenvalue weighted by Crippen LogP contribution is -2.27. The second kappa shape index (κ2) is 4.45. The van der Waals surface area contributed by atoms with E-state index in [1.807, 2.05) is 18.2 Å². The van der Waals surface area contributed by atoms with Gasteiger partial charge in [-0.05, 0) is 46.3 Å². The molecule has 0 amide bonds. The summed E-state index contributed by atoms with van der Waals surface area (Å²) in [5, 5.41) is 9.31. The van der Waals surface area contributed by atoms with Gasteiger partial charge in [-0.15, -0.1) is 0 Å². The number of benzene rings is 1. The highest BCUT2D eigenvalue weighted by Gasteiger charge is 2.35. The quantitative estimate of drug-likeness (QED) is 0.839. The van der Waals surface area contributed by atoms with Crippen molar-refractivity contribution in [2.24, 2.45) is 5.92 Å². The third-order valence-corrected chi connectivity index (χ3v) is 4.00. The van der Waals surface area contributed by atoms with E-state index in [1.165, 1.54) is 0 Å². The van der Waals surface area contributed by atoms with E-state index >= 15 is 0 Å². The van der Waals surface area contributed by atoms with E-state index in [4.69, 9.17) is 5.73 Å². The summed E-state index contributed by atoms with van der Waals surface area (Å²) in [4.78, 5) is 11.3. The smallest absolute Gasteiger partial charge is 0.311 e. The van der Waals surface area contributed by atoms with Crippen molar-refractivity contribution in [2.45, 2.75) is 25.2 Å². The van der Waals surface area contributed by atoms with Crippen LogP contribution < -0.4 is 5.73 Å². The number of nitrogen functional groups attached to an aromatic ring is 1. The molecule has 0 radical (unpaired) electrons. The average Bonchev–Trinajstić information content (AvgIpc) is 2.16. The van der Waals surface area contributed by atoms with Crippen LogP contribution in [0.3, 0.4) is 0 Å². The fourth-order valence-corrected chi connectivity index (χ4v) is 2.57. The number of carbonyl (C=O) groups is 1. The molecular formula is C12H14BrNO2. The molecule has 1 aromatic carbocycles. The number of nitrogens with two attached hydrogens (primary N) is 1. The summed E-state index contributed by atoms with van der Waals surface area (Å²) in [6.45, 7) is 0. The first-order valence-electron chi connectivity index (χ1n) is 5.38. The van der Waals surface area contributed by atoms with Crippen molar-refractivity contribution in [3.8, 4) is 0 Å². The first kappa shape index (κ1) is 11.5. The molecule has 4 heteroatoms. The number of para-hydroxylation sites is 1. The summed E-state index contributed by atoms with van der Waals surface area (Å²) >= 11 is 3.33. The first-order valence-corrected chi connectivity index (χ1v) is 6.17. The van der Waals surface area contributed by atoms with Gasteiger partial charge in [0.1, 0.15) is 0 Å². The van der Waals surface area contributed by atoms with E-state index in [1.54, 1.807) is 0 Å². The maximum Gasteiger partial charge on any atom is 0.311 e. The second-order valence-electron chi connectivity index (χ2n) is 4.25. The standard InChI is InChI=1S/C12H14BrNO2/c13-9-6-2-5-8(11(9)14)10(12(15)16)7-3-1-4-7/h2,5-7,10H,1,3-4,14H2,(H,15,16). The van der Waals surface area contributed by atoms with Crippen molar-refractivity contribution >= 4 is 27.6 Å². The highest BCUT2D eigenvalue weighted by atomic mass is 79.9. The minimum atomic E-state index is -0.769. The minimum absolute atomic E-state index is 0.245. The molecule has 3 nitrogen and oxygen atoms in total. The normalized spacial score (nSPS) is 17.8. The van der Waals surface area contributed by atoms with Crippen LogP contribution in [0.2, 0.25) is 0 Å². The fourth-order valence-electron chi connectivity index (χ4n) is 2.19. The Hall–Kier alpha value is -1.03. The maximum atomic E-state index is 11.3. The molecule has 1 unspecified atom stereocenters. The van der Waals surface area contributed by atoms with Gasteiger partial charge in [0.15, 0.2) is 0 Å². The van der Waals surface area contributed by atoms with Crippen molar-refractivity contribution < 1.29 is 9.90 Å². The second-order valence-corrected chi connectivity index (χ2v) is 5.10. The van der Waals surface area contributed by atoms with Crippen LogP contribution in [0.5, 0.6) is 0 Å². The minimum Gasteiger partial charge on any atom is -0.481 e. The molecule has 86 valence electrons. The number of hydrogen-bond acceptors (Lipinski definition) is 2. The molecule has 1 aliphatic rings. The number of carboxylic acids is 1. The zero-order chi connectivity index (χ0) is 11.7. The number of hydrogen-bond donors (Lipinski definition) is 2. The van der Waals surface area contributed by atoms with Crippen LogP contribution in [0.1, 0.15) is 30.7 Å². The van der Waals surface area contributed by atoms with Crippen molar-refractivity contribution in [1.29, 1.82) is 0 Å². The maximum absolute atomic E-state index is 11.3. The molecular weight excluding hydrogens is 270 g/mol. The molecule has 1 aliphatic carbocycles. The molecule has 0 bridgehead atoms. The number of aliphatic carboxylic acids is 1. The van der Waals surface area contributed by atoms with E-state index in [0.29, 0.717) is 5.69 Å². The van der Waals surface area contributed by atoms with E-state index in [-0.39, 0.29) is 5.92 Å². The van der Waals surface area contributed by atoms with Gasteiger partial charge in [0.25, 0.3) is 0 Å². The highest BCUT2D eigenvalue weighted by Crippen LogP contribution is 2.42. The van der Waals surface area contributed by atoms with E-state index in [9.17, 15) is 9.90 Å². The zero-order valence-electron chi connectivity index (χ0n) is 8.82. The Bertz CT molecular complexity index is 415. The van der Waals surface area contributed by atoms with Crippen LogP contribution in [0.4, 0.5) is 5.69 Å². The topological polar surface area (TPSA) is 63.3 Å². The molecule has 0 aliphatic heterocycles. The summed E-state index contributed by atoms with van der Waals surface area (Å²) in [7, 11) is 0. The number of anilines is 1. The molecule has 1 fully saturated rings. The van der Waals surface area contributed by atoms with E-state index in [2.05, 4.69) is 15.9 Å². The van der Waals surface area contributed by atoms with Crippen LogP contribution >= 0.6 is 15.9 Å². The Kier molecular flexibility index (Phi) is 3.19. The molecule has 16 heavy (non-hydrogen) atoms. The van der Waals surface area contributed by atoms with Gasteiger partial charge < -0.3 is 10.8 Å². The number of carboxylic acid groups (broad SMARTS) is 1. The Balaban J connectivity index is 2.38. The number of rotatable bonds is 3. The van der Waals surface area contributed by atoms with Crippen molar-refractivity contribution in [3.05, 3.63) is 28.2 Å². The monoisotopic (exact) mass is 283 g/mol. The molecule has 0 aromatic heterocycles. The SMILES string of the molecule is Nc1c(Br)cccc1C(C(=O)O)C1CCC1. The summed E-state index contributed by atoms with van der Waals surface area (Å²) < 4.78 is 0.774.